The van der Waals surface area contributed by atoms with Crippen molar-refractivity contribution in [1.29, 1.82) is 0 Å². The molecule has 1 aromatic carbocycles. The van der Waals surface area contributed by atoms with E-state index < -0.39 is 38.1 Å². The number of benzene rings is 1. The molecule has 0 aliphatic heterocycles. The number of aliphatic hydroxyl groups is 2. The van der Waals surface area contributed by atoms with Crippen molar-refractivity contribution in [3.05, 3.63) is 29.8 Å². The van der Waals surface area contributed by atoms with E-state index in [0.29, 0.717) is 22.6 Å². The summed E-state index contributed by atoms with van der Waals surface area (Å²) in [5.74, 6) is -0.233. The van der Waals surface area contributed by atoms with Gasteiger partial charge in [0.15, 0.2) is 0 Å². The molecule has 2 N–H and O–H groups in total. The Morgan fingerprint density at radius 1 is 1.48 bits per heavy atom. The number of halogens is 1. The molecule has 1 saturated carbocycles. The summed E-state index contributed by atoms with van der Waals surface area (Å²) in [6.07, 6.45) is -0.0785. The molecule has 1 aliphatic rings. The second-order valence-corrected chi connectivity index (χ2v) is 5.39. The molecular formula is C16H26ClNO3. The molecule has 0 heterocycles. The minimum Gasteiger partial charge on any atom is -0.497 e. The van der Waals surface area contributed by atoms with Crippen molar-refractivity contribution in [3.8, 4) is 5.75 Å². The predicted molar refractivity (Wildman–Crippen MR) is 86.0 cm³/mol. The number of ether oxygens (including phenoxy) is 1. The third kappa shape index (κ3) is 4.10. The van der Waals surface area contributed by atoms with Gasteiger partial charge in [0.25, 0.3) is 0 Å². The fourth-order valence-electron chi connectivity index (χ4n) is 2.95. The van der Waals surface area contributed by atoms with Crippen LogP contribution in [0.1, 0.15) is 33.1 Å². The highest BCUT2D eigenvalue weighted by atomic mass is 35.5. The van der Waals surface area contributed by atoms with Gasteiger partial charge in [-0.3, -0.25) is 0 Å². The Labute approximate surface area is 141 Å². The summed E-state index contributed by atoms with van der Waals surface area (Å²) in [7, 11) is 1.50. The Hall–Kier alpha value is -0.810. The van der Waals surface area contributed by atoms with Gasteiger partial charge < -0.3 is 19.8 Å². The largest absolute Gasteiger partial charge is 0.497 e. The number of methoxy groups -OCH3 is 1. The quantitative estimate of drug-likeness (QED) is 0.891. The summed E-state index contributed by atoms with van der Waals surface area (Å²) in [4.78, 5) is 0.438. The van der Waals surface area contributed by atoms with Gasteiger partial charge >= 0.3 is 0 Å². The van der Waals surface area contributed by atoms with E-state index in [-0.39, 0.29) is 25.2 Å². The smallest absolute Gasteiger partial charge is 0.119 e. The van der Waals surface area contributed by atoms with E-state index in [1.54, 1.807) is 24.3 Å². The topological polar surface area (TPSA) is 52.9 Å². The number of hydrogen-bond donors (Lipinski definition) is 2. The number of nitrogens with zero attached hydrogens (tertiary/aromatic N) is 1. The van der Waals surface area contributed by atoms with Crippen LogP contribution in [0.2, 0.25) is 0 Å². The van der Waals surface area contributed by atoms with Crippen LogP contribution in [-0.2, 0) is 5.60 Å². The maximum Gasteiger partial charge on any atom is 0.119 e. The number of aliphatic hydroxyl groups excluding tert-OH is 1. The molecule has 0 bridgehead atoms. The molecular weight excluding hydrogens is 290 g/mol. The van der Waals surface area contributed by atoms with Gasteiger partial charge in [-0.1, -0.05) is 12.1 Å². The molecule has 0 aromatic heterocycles. The van der Waals surface area contributed by atoms with Gasteiger partial charge in [0.05, 0.1) is 18.8 Å². The lowest BCUT2D eigenvalue weighted by atomic mass is 9.70. The van der Waals surface area contributed by atoms with Crippen LogP contribution in [0.25, 0.3) is 0 Å². The summed E-state index contributed by atoms with van der Waals surface area (Å²) in [5.41, 5.74) is -0.938. The molecule has 0 radical (unpaired) electrons. The van der Waals surface area contributed by atoms with Gasteiger partial charge in [0.1, 0.15) is 5.75 Å². The van der Waals surface area contributed by atoms with E-state index >= 15 is 0 Å². The lowest BCUT2D eigenvalue weighted by Crippen LogP contribution is -2.46. The average molecular weight is 322 g/mol. The highest BCUT2D eigenvalue weighted by Gasteiger charge is 2.43. The third-order valence-corrected chi connectivity index (χ3v) is 4.06. The Morgan fingerprint density at radius 2 is 2.24 bits per heavy atom. The van der Waals surface area contributed by atoms with Crippen molar-refractivity contribution in [2.45, 2.75) is 31.0 Å². The van der Waals surface area contributed by atoms with Crippen molar-refractivity contribution in [1.82, 2.24) is 4.90 Å². The third-order valence-electron chi connectivity index (χ3n) is 4.06. The molecule has 2 rings (SSSR count). The Bertz CT molecular complexity index is 613. The minimum atomic E-state index is -2.84. The van der Waals surface area contributed by atoms with Crippen molar-refractivity contribution in [3.63, 3.8) is 0 Å². The van der Waals surface area contributed by atoms with Gasteiger partial charge in [-0.05, 0) is 50.9 Å². The van der Waals surface area contributed by atoms with Crippen LogP contribution in [0.15, 0.2) is 24.3 Å². The molecule has 3 atom stereocenters. The highest BCUT2D eigenvalue weighted by molar-refractivity contribution is 5.85. The van der Waals surface area contributed by atoms with E-state index in [0.717, 1.165) is 0 Å². The molecule has 4 nitrogen and oxygen atoms in total. The second-order valence-electron chi connectivity index (χ2n) is 5.39. The molecule has 1 aliphatic carbocycles. The lowest BCUT2D eigenvalue weighted by Gasteiger charge is -2.43. The van der Waals surface area contributed by atoms with Crippen LogP contribution in [0.3, 0.4) is 0 Å². The van der Waals surface area contributed by atoms with E-state index in [9.17, 15) is 10.2 Å². The van der Waals surface area contributed by atoms with Crippen LogP contribution in [0, 0.1) is 5.92 Å². The lowest BCUT2D eigenvalue weighted by molar-refractivity contribution is -0.0921. The van der Waals surface area contributed by atoms with Crippen molar-refractivity contribution in [2.75, 3.05) is 27.6 Å². The average Bonchev–Trinajstić information content (AvgIpc) is 2.53. The van der Waals surface area contributed by atoms with Crippen molar-refractivity contribution in [2.24, 2.45) is 5.92 Å². The van der Waals surface area contributed by atoms with Crippen LogP contribution < -0.4 is 4.74 Å². The molecule has 0 unspecified atom stereocenters. The Kier molecular flexibility index (Phi) is 3.85. The molecule has 1 fully saturated rings. The fraction of sp³-hybridized carbons (Fsp3) is 0.625. The zero-order valence-electron chi connectivity index (χ0n) is 18.0. The zero-order valence-corrected chi connectivity index (χ0v) is 12.8. The molecule has 21 heavy (non-hydrogen) atoms. The van der Waals surface area contributed by atoms with Crippen LogP contribution in [-0.4, -0.2) is 48.8 Å². The summed E-state index contributed by atoms with van der Waals surface area (Å²) in [5, 5.41) is 21.4. The standard InChI is InChI=1S/C16H25NO3.ClH/c1-17(2)11-13-9-14(18)7-8-16(13,19)12-5-4-6-15(10-12)20-3;/h4-6,10,13-14,18-19H,7-9,11H2,1-3H3;1H/t13-,14+,16+;/m1./s1/i1D3,2D3;. The van der Waals surface area contributed by atoms with Gasteiger partial charge in [0, 0.05) is 20.7 Å². The Morgan fingerprint density at radius 3 is 2.90 bits per heavy atom. The van der Waals surface area contributed by atoms with Crippen LogP contribution in [0.5, 0.6) is 5.75 Å². The van der Waals surface area contributed by atoms with Crippen molar-refractivity contribution < 1.29 is 23.2 Å². The molecule has 0 saturated heterocycles. The first-order valence-electron chi connectivity index (χ1n) is 9.70. The van der Waals surface area contributed by atoms with Crippen LogP contribution >= 0.6 is 12.4 Å². The first kappa shape index (κ1) is 10.8. The molecule has 1 aromatic rings. The zero-order chi connectivity index (χ0) is 19.8. The van der Waals surface area contributed by atoms with E-state index in [2.05, 4.69) is 0 Å². The van der Waals surface area contributed by atoms with E-state index in [4.69, 9.17) is 13.0 Å². The minimum absolute atomic E-state index is 0. The summed E-state index contributed by atoms with van der Waals surface area (Å²) in [6, 6.07) is 6.78. The van der Waals surface area contributed by atoms with Gasteiger partial charge in [-0.25, -0.2) is 0 Å². The molecule has 120 valence electrons. The maximum atomic E-state index is 11.4. The monoisotopic (exact) mass is 321 g/mol. The summed E-state index contributed by atoms with van der Waals surface area (Å²) >= 11 is 0. The molecule has 0 amide bonds. The van der Waals surface area contributed by atoms with E-state index in [1.807, 2.05) is 0 Å². The van der Waals surface area contributed by atoms with Gasteiger partial charge in [-0.2, -0.15) is 0 Å². The highest BCUT2D eigenvalue weighted by Crippen LogP contribution is 2.42. The first-order chi connectivity index (χ1) is 11.9. The predicted octanol–water partition coefficient (Wildman–Crippen LogP) is 2.03. The summed E-state index contributed by atoms with van der Waals surface area (Å²) in [6.45, 7) is -6.08. The molecule has 5 heteroatoms. The summed E-state index contributed by atoms with van der Waals surface area (Å²) < 4.78 is 50.5. The van der Waals surface area contributed by atoms with Gasteiger partial charge in [-0.15, -0.1) is 12.4 Å². The fourth-order valence-corrected chi connectivity index (χ4v) is 2.95. The SMILES string of the molecule is Cl.[2H]C([2H])([2H])N(C[C@H]1C[C@@H](O)CC[C@]1(O)c1cccc(OC)c1)C([2H])([2H])[2H]. The number of rotatable bonds is 4. The first-order valence-corrected chi connectivity index (χ1v) is 6.70. The van der Waals surface area contributed by atoms with Gasteiger partial charge in [0.2, 0.25) is 0 Å². The maximum absolute atomic E-state index is 11.4. The van der Waals surface area contributed by atoms with Crippen LogP contribution in [0.4, 0.5) is 0 Å². The second kappa shape index (κ2) is 7.45. The van der Waals surface area contributed by atoms with Crippen molar-refractivity contribution >= 4 is 12.4 Å². The van der Waals surface area contributed by atoms with E-state index in [1.165, 1.54) is 7.11 Å². The number of hydrogen-bond acceptors (Lipinski definition) is 4. The molecule has 0 spiro atoms. The Balaban J connectivity index is 0.00000364. The normalized spacial score (nSPS) is 34.5.